The Kier molecular flexibility index (Phi) is 9.63. The second-order valence-corrected chi connectivity index (χ2v) is 8.13. The molecule has 1 unspecified atom stereocenters. The molecule has 0 aromatic heterocycles. The number of guanidine groups is 1. The molecular formula is C20H41N5. The highest BCUT2D eigenvalue weighted by Gasteiger charge is 2.30. The number of aliphatic imine (C=N–C) groups is 1. The maximum absolute atomic E-state index is 4.41. The first kappa shape index (κ1) is 20.5. The number of hydrogen-bond acceptors (Lipinski definition) is 3. The van der Waals surface area contributed by atoms with Crippen molar-refractivity contribution in [2.45, 2.75) is 76.3 Å². The van der Waals surface area contributed by atoms with E-state index in [4.69, 9.17) is 0 Å². The molecule has 25 heavy (non-hydrogen) atoms. The molecule has 1 aliphatic heterocycles. The van der Waals surface area contributed by atoms with Gasteiger partial charge < -0.3 is 15.5 Å². The summed E-state index contributed by atoms with van der Waals surface area (Å²) >= 11 is 0. The van der Waals surface area contributed by atoms with E-state index in [9.17, 15) is 0 Å². The largest absolute Gasteiger partial charge is 0.356 e. The van der Waals surface area contributed by atoms with Gasteiger partial charge in [0.25, 0.3) is 0 Å². The van der Waals surface area contributed by atoms with E-state index in [0.29, 0.717) is 6.04 Å². The van der Waals surface area contributed by atoms with Crippen LogP contribution in [-0.2, 0) is 0 Å². The Morgan fingerprint density at radius 3 is 2.48 bits per heavy atom. The summed E-state index contributed by atoms with van der Waals surface area (Å²) in [5, 5.41) is 7.14. The van der Waals surface area contributed by atoms with Crippen molar-refractivity contribution in [3.8, 4) is 0 Å². The van der Waals surface area contributed by atoms with Crippen molar-refractivity contribution in [2.75, 3.05) is 47.3 Å². The van der Waals surface area contributed by atoms with Gasteiger partial charge in [0.05, 0.1) is 0 Å². The molecular weight excluding hydrogens is 310 g/mol. The molecule has 0 bridgehead atoms. The molecule has 1 aliphatic carbocycles. The first-order valence-electron chi connectivity index (χ1n) is 10.5. The van der Waals surface area contributed by atoms with Gasteiger partial charge in [0, 0.05) is 38.8 Å². The van der Waals surface area contributed by atoms with Crippen LogP contribution in [-0.4, -0.2) is 75.2 Å². The summed E-state index contributed by atoms with van der Waals surface area (Å²) in [6, 6.07) is 1.42. The van der Waals surface area contributed by atoms with Crippen molar-refractivity contribution in [2.24, 2.45) is 4.99 Å². The number of nitrogens with zero attached hydrogens (tertiary/aromatic N) is 3. The van der Waals surface area contributed by atoms with Crippen LogP contribution in [0.5, 0.6) is 0 Å². The number of hydrogen-bond donors (Lipinski definition) is 2. The third kappa shape index (κ3) is 7.95. The highest BCUT2D eigenvalue weighted by atomic mass is 15.3. The van der Waals surface area contributed by atoms with E-state index in [0.717, 1.165) is 18.5 Å². The summed E-state index contributed by atoms with van der Waals surface area (Å²) in [7, 11) is 6.19. The van der Waals surface area contributed by atoms with Crippen molar-refractivity contribution in [1.29, 1.82) is 0 Å². The molecule has 0 radical (unpaired) electrons. The Morgan fingerprint density at radius 1 is 1.04 bits per heavy atom. The Morgan fingerprint density at radius 2 is 1.76 bits per heavy atom. The lowest BCUT2D eigenvalue weighted by Gasteiger charge is -2.24. The van der Waals surface area contributed by atoms with Gasteiger partial charge in [0.15, 0.2) is 5.96 Å². The third-order valence-corrected chi connectivity index (χ3v) is 5.70. The van der Waals surface area contributed by atoms with Gasteiger partial charge in [-0.2, -0.15) is 0 Å². The quantitative estimate of drug-likeness (QED) is 0.361. The van der Waals surface area contributed by atoms with Crippen LogP contribution in [0.4, 0.5) is 0 Å². The molecule has 2 fully saturated rings. The van der Waals surface area contributed by atoms with Crippen molar-refractivity contribution in [1.82, 2.24) is 20.4 Å². The van der Waals surface area contributed by atoms with Crippen LogP contribution in [0.3, 0.4) is 0 Å². The van der Waals surface area contributed by atoms with Crippen LogP contribution in [0.15, 0.2) is 4.99 Å². The smallest absolute Gasteiger partial charge is 0.191 e. The van der Waals surface area contributed by atoms with E-state index in [1.54, 1.807) is 0 Å². The lowest BCUT2D eigenvalue weighted by atomic mass is 10.1. The number of nitrogens with one attached hydrogen (secondary N) is 2. The molecule has 0 spiro atoms. The van der Waals surface area contributed by atoms with Gasteiger partial charge in [-0.25, -0.2) is 0 Å². The molecule has 0 amide bonds. The van der Waals surface area contributed by atoms with Crippen LogP contribution in [0.2, 0.25) is 0 Å². The van der Waals surface area contributed by atoms with Gasteiger partial charge in [0.1, 0.15) is 0 Å². The molecule has 1 atom stereocenters. The average molecular weight is 352 g/mol. The Bertz CT molecular complexity index is 376. The van der Waals surface area contributed by atoms with E-state index in [2.05, 4.69) is 39.5 Å². The minimum atomic E-state index is 0.567. The molecule has 5 heteroatoms. The average Bonchev–Trinajstić information content (AvgIpc) is 3.26. The predicted octanol–water partition coefficient (Wildman–Crippen LogP) is 2.68. The summed E-state index contributed by atoms with van der Waals surface area (Å²) in [5.41, 5.74) is 0. The van der Waals surface area contributed by atoms with Crippen molar-refractivity contribution in [3.63, 3.8) is 0 Å². The van der Waals surface area contributed by atoms with Gasteiger partial charge in [-0.3, -0.25) is 9.89 Å². The van der Waals surface area contributed by atoms with Crippen LogP contribution >= 0.6 is 0 Å². The van der Waals surface area contributed by atoms with Crippen LogP contribution in [0.25, 0.3) is 0 Å². The second kappa shape index (κ2) is 11.7. The lowest BCUT2D eigenvalue weighted by molar-refractivity contribution is 0.242. The summed E-state index contributed by atoms with van der Waals surface area (Å²) in [4.78, 5) is 9.38. The van der Waals surface area contributed by atoms with E-state index in [-0.39, 0.29) is 0 Å². The number of unbranched alkanes of at least 4 members (excludes halogenated alkanes) is 4. The van der Waals surface area contributed by atoms with Crippen LogP contribution in [0, 0.1) is 0 Å². The highest BCUT2D eigenvalue weighted by Crippen LogP contribution is 2.26. The van der Waals surface area contributed by atoms with E-state index in [1.807, 2.05) is 7.05 Å². The zero-order valence-corrected chi connectivity index (χ0v) is 16.9. The first-order chi connectivity index (χ1) is 12.2. The molecule has 2 aliphatic rings. The number of likely N-dealkylation sites (tertiary alicyclic amines) is 1. The predicted molar refractivity (Wildman–Crippen MR) is 108 cm³/mol. The summed E-state index contributed by atoms with van der Waals surface area (Å²) in [5.74, 6) is 0.992. The minimum Gasteiger partial charge on any atom is -0.356 e. The summed E-state index contributed by atoms with van der Waals surface area (Å²) in [6.45, 7) is 4.70. The van der Waals surface area contributed by atoms with Crippen molar-refractivity contribution < 1.29 is 0 Å². The van der Waals surface area contributed by atoms with Gasteiger partial charge in [0.2, 0.25) is 0 Å². The summed E-state index contributed by atoms with van der Waals surface area (Å²) in [6.07, 6.45) is 13.5. The fourth-order valence-corrected chi connectivity index (χ4v) is 4.18. The lowest BCUT2D eigenvalue weighted by Crippen LogP contribution is -2.45. The van der Waals surface area contributed by atoms with E-state index >= 15 is 0 Å². The Hall–Kier alpha value is -0.810. The number of rotatable bonds is 10. The van der Waals surface area contributed by atoms with Gasteiger partial charge >= 0.3 is 0 Å². The fourth-order valence-electron chi connectivity index (χ4n) is 4.18. The standard InChI is InChI=1S/C20H41N5/c1-21-20(22-14-9-5-4-6-10-15-24(2)3)23-18-13-16-25(17-18)19-11-7-8-12-19/h18-19H,4-17H2,1-3H3,(H2,21,22,23). The topological polar surface area (TPSA) is 42.9 Å². The second-order valence-electron chi connectivity index (χ2n) is 8.13. The fraction of sp³-hybridized carbons (Fsp3) is 0.950. The monoisotopic (exact) mass is 351 g/mol. The zero-order chi connectivity index (χ0) is 17.9. The van der Waals surface area contributed by atoms with Crippen molar-refractivity contribution in [3.05, 3.63) is 0 Å². The minimum absolute atomic E-state index is 0.567. The zero-order valence-electron chi connectivity index (χ0n) is 16.9. The molecule has 2 N–H and O–H groups in total. The van der Waals surface area contributed by atoms with E-state index in [1.165, 1.54) is 83.8 Å². The van der Waals surface area contributed by atoms with E-state index < -0.39 is 0 Å². The SMILES string of the molecule is CN=C(NCCCCCCCN(C)C)NC1CCN(C2CCCC2)C1. The van der Waals surface area contributed by atoms with Gasteiger partial charge in [-0.1, -0.05) is 32.1 Å². The maximum atomic E-state index is 4.41. The Labute approximate surface area is 155 Å². The molecule has 1 saturated carbocycles. The molecule has 146 valence electrons. The van der Waals surface area contributed by atoms with Crippen molar-refractivity contribution >= 4 is 5.96 Å². The highest BCUT2D eigenvalue weighted by molar-refractivity contribution is 5.79. The molecule has 0 aromatic rings. The Balaban J connectivity index is 1.51. The maximum Gasteiger partial charge on any atom is 0.191 e. The van der Waals surface area contributed by atoms with Crippen LogP contribution in [0.1, 0.15) is 64.2 Å². The van der Waals surface area contributed by atoms with Crippen LogP contribution < -0.4 is 10.6 Å². The molecule has 1 heterocycles. The third-order valence-electron chi connectivity index (χ3n) is 5.70. The normalized spacial score (nSPS) is 22.9. The van der Waals surface area contributed by atoms with Gasteiger partial charge in [-0.15, -0.1) is 0 Å². The van der Waals surface area contributed by atoms with Gasteiger partial charge in [-0.05, 0) is 52.7 Å². The first-order valence-corrected chi connectivity index (χ1v) is 10.5. The molecule has 0 aromatic carbocycles. The summed E-state index contributed by atoms with van der Waals surface area (Å²) < 4.78 is 0. The molecule has 5 nitrogen and oxygen atoms in total. The molecule has 1 saturated heterocycles. The molecule has 2 rings (SSSR count).